The fourth-order valence-corrected chi connectivity index (χ4v) is 3.86. The lowest BCUT2D eigenvalue weighted by Gasteiger charge is -2.17. The van der Waals surface area contributed by atoms with Crippen molar-refractivity contribution >= 4 is 7.37 Å². The van der Waals surface area contributed by atoms with E-state index in [0.717, 1.165) is 6.42 Å². The van der Waals surface area contributed by atoms with Gasteiger partial charge in [-0.15, -0.1) is 0 Å². The van der Waals surface area contributed by atoms with Crippen molar-refractivity contribution in [3.63, 3.8) is 0 Å². The van der Waals surface area contributed by atoms with Gasteiger partial charge in [-0.25, -0.2) is 0 Å². The van der Waals surface area contributed by atoms with Gasteiger partial charge >= 0.3 is 0 Å². The Morgan fingerprint density at radius 2 is 2.42 bits per heavy atom. The Balaban J connectivity index is 2.48. The Kier molecular flexibility index (Phi) is 3.14. The van der Waals surface area contributed by atoms with Gasteiger partial charge in [-0.3, -0.25) is 4.57 Å². The minimum absolute atomic E-state index is 0.134. The van der Waals surface area contributed by atoms with Crippen LogP contribution in [-0.4, -0.2) is 18.4 Å². The van der Waals surface area contributed by atoms with Gasteiger partial charge in [-0.05, 0) is 20.3 Å². The highest BCUT2D eigenvalue weighted by Gasteiger charge is 2.28. The van der Waals surface area contributed by atoms with E-state index < -0.39 is 7.37 Å². The summed E-state index contributed by atoms with van der Waals surface area (Å²) in [5, 5.41) is 0. The van der Waals surface area contributed by atoms with Crippen molar-refractivity contribution in [2.24, 2.45) is 0 Å². The topological polar surface area (TPSA) is 26.3 Å². The van der Waals surface area contributed by atoms with E-state index in [2.05, 4.69) is 0 Å². The van der Waals surface area contributed by atoms with Crippen LogP contribution in [-0.2, 0) is 9.09 Å². The monoisotopic (exact) mass is 188 g/mol. The van der Waals surface area contributed by atoms with Crippen molar-refractivity contribution in [1.82, 2.24) is 0 Å². The van der Waals surface area contributed by atoms with Crippen LogP contribution in [0, 0.1) is 0 Å². The molecule has 2 atom stereocenters. The molecule has 1 aliphatic rings. The first kappa shape index (κ1) is 10.0. The van der Waals surface area contributed by atoms with Gasteiger partial charge in [-0.1, -0.05) is 18.6 Å². The van der Waals surface area contributed by atoms with Gasteiger partial charge in [0.1, 0.15) is 0 Å². The van der Waals surface area contributed by atoms with Gasteiger partial charge in [-0.2, -0.15) is 0 Å². The highest BCUT2D eigenvalue weighted by atomic mass is 31.2. The lowest BCUT2D eigenvalue weighted by Crippen LogP contribution is -2.05. The fraction of sp³-hybridized carbons (Fsp3) is 0.778. The molecule has 12 heavy (non-hydrogen) atoms. The minimum Gasteiger partial charge on any atom is -0.325 e. The third kappa shape index (κ3) is 2.46. The van der Waals surface area contributed by atoms with E-state index >= 15 is 0 Å². The maximum atomic E-state index is 11.9. The predicted octanol–water partition coefficient (Wildman–Crippen LogP) is 3.04. The van der Waals surface area contributed by atoms with Crippen LogP contribution in [0.2, 0.25) is 0 Å². The van der Waals surface area contributed by atoms with Gasteiger partial charge in [0.15, 0.2) is 0 Å². The third-order valence-corrected chi connectivity index (χ3v) is 4.62. The van der Waals surface area contributed by atoms with Gasteiger partial charge in [0.05, 0.1) is 6.10 Å². The molecule has 70 valence electrons. The second-order valence-electron chi connectivity index (χ2n) is 3.53. The maximum Gasteiger partial charge on any atom is 0.210 e. The molecule has 3 heteroatoms. The summed E-state index contributed by atoms with van der Waals surface area (Å²) in [5.41, 5.74) is 1.21. The number of hydrogen-bond acceptors (Lipinski definition) is 2. The molecule has 2 nitrogen and oxygen atoms in total. The maximum absolute atomic E-state index is 11.9. The molecule has 0 saturated carbocycles. The number of rotatable bonds is 3. The second-order valence-corrected chi connectivity index (χ2v) is 6.05. The van der Waals surface area contributed by atoms with E-state index in [9.17, 15) is 4.57 Å². The van der Waals surface area contributed by atoms with Crippen molar-refractivity contribution < 1.29 is 9.09 Å². The molecule has 1 aliphatic heterocycles. The SMILES string of the molecule is CCC(C)OP1(=O)CC=C(C)C1. The molecule has 0 spiro atoms. The van der Waals surface area contributed by atoms with Crippen molar-refractivity contribution in [2.45, 2.75) is 33.3 Å². The van der Waals surface area contributed by atoms with Gasteiger partial charge < -0.3 is 4.52 Å². The first-order valence-electron chi connectivity index (χ1n) is 4.48. The van der Waals surface area contributed by atoms with Crippen LogP contribution in [0.25, 0.3) is 0 Å². The Morgan fingerprint density at radius 1 is 1.75 bits per heavy atom. The molecule has 0 saturated heterocycles. The zero-order valence-electron chi connectivity index (χ0n) is 8.04. The molecule has 0 fully saturated rings. The first-order valence-corrected chi connectivity index (χ1v) is 6.47. The first-order chi connectivity index (χ1) is 5.56. The average molecular weight is 188 g/mol. The van der Waals surface area contributed by atoms with E-state index in [1.165, 1.54) is 5.57 Å². The van der Waals surface area contributed by atoms with Crippen LogP contribution in [0.5, 0.6) is 0 Å². The molecule has 0 amide bonds. The molecule has 0 aromatic carbocycles. The van der Waals surface area contributed by atoms with Gasteiger partial charge in [0.25, 0.3) is 0 Å². The van der Waals surface area contributed by atoms with Crippen molar-refractivity contribution in [1.29, 1.82) is 0 Å². The van der Waals surface area contributed by atoms with E-state index in [4.69, 9.17) is 4.52 Å². The minimum atomic E-state index is -2.29. The zero-order valence-corrected chi connectivity index (χ0v) is 8.93. The van der Waals surface area contributed by atoms with Crippen molar-refractivity contribution in [2.75, 3.05) is 12.3 Å². The summed E-state index contributed by atoms with van der Waals surface area (Å²) in [5.74, 6) is 0. The number of allylic oxidation sites excluding steroid dienone is 2. The lowest BCUT2D eigenvalue weighted by molar-refractivity contribution is 0.222. The van der Waals surface area contributed by atoms with E-state index in [1.54, 1.807) is 0 Å². The van der Waals surface area contributed by atoms with E-state index in [0.29, 0.717) is 12.3 Å². The largest absolute Gasteiger partial charge is 0.325 e. The molecular weight excluding hydrogens is 171 g/mol. The summed E-state index contributed by atoms with van der Waals surface area (Å²) in [6.45, 7) is 6.04. The van der Waals surface area contributed by atoms with Crippen LogP contribution >= 0.6 is 7.37 Å². The molecule has 0 N–H and O–H groups in total. The summed E-state index contributed by atoms with van der Waals surface area (Å²) < 4.78 is 17.4. The molecule has 0 radical (unpaired) electrons. The average Bonchev–Trinajstić information content (AvgIpc) is 2.30. The molecule has 0 aromatic rings. The predicted molar refractivity (Wildman–Crippen MR) is 51.9 cm³/mol. The quantitative estimate of drug-likeness (QED) is 0.502. The Labute approximate surface area is 74.5 Å². The normalized spacial score (nSPS) is 31.8. The Morgan fingerprint density at radius 3 is 2.83 bits per heavy atom. The Bertz CT molecular complexity index is 233. The highest BCUT2D eigenvalue weighted by molar-refractivity contribution is 7.59. The van der Waals surface area contributed by atoms with E-state index in [-0.39, 0.29) is 6.10 Å². The summed E-state index contributed by atoms with van der Waals surface area (Å²) in [4.78, 5) is 0. The third-order valence-electron chi connectivity index (χ3n) is 2.16. The van der Waals surface area contributed by atoms with Crippen molar-refractivity contribution in [3.8, 4) is 0 Å². The molecule has 0 aromatic heterocycles. The van der Waals surface area contributed by atoms with Crippen LogP contribution in [0.15, 0.2) is 11.6 Å². The molecular formula is C9H17O2P. The molecule has 1 heterocycles. The summed E-state index contributed by atoms with van der Waals surface area (Å²) >= 11 is 0. The smallest absolute Gasteiger partial charge is 0.210 e. The van der Waals surface area contributed by atoms with Crippen LogP contribution in [0.3, 0.4) is 0 Å². The summed E-state index contributed by atoms with van der Waals surface area (Å²) in [6, 6.07) is 0. The molecule has 0 bridgehead atoms. The molecule has 2 unspecified atom stereocenters. The fourth-order valence-electron chi connectivity index (χ4n) is 1.29. The van der Waals surface area contributed by atoms with Crippen LogP contribution < -0.4 is 0 Å². The van der Waals surface area contributed by atoms with Gasteiger partial charge in [0, 0.05) is 12.3 Å². The van der Waals surface area contributed by atoms with E-state index in [1.807, 2.05) is 26.8 Å². The summed E-state index contributed by atoms with van der Waals surface area (Å²) in [7, 11) is -2.29. The lowest BCUT2D eigenvalue weighted by atomic mass is 10.3. The Hall–Kier alpha value is -0.0700. The number of hydrogen-bond donors (Lipinski definition) is 0. The molecule has 0 aliphatic carbocycles. The van der Waals surface area contributed by atoms with Crippen LogP contribution in [0.1, 0.15) is 27.2 Å². The second kappa shape index (κ2) is 3.76. The zero-order chi connectivity index (χ0) is 9.19. The summed E-state index contributed by atoms with van der Waals surface area (Å²) in [6.07, 6.45) is 4.40. The highest BCUT2D eigenvalue weighted by Crippen LogP contribution is 2.53. The molecule has 1 rings (SSSR count). The standard InChI is InChI=1S/C9H17O2P/c1-4-9(3)11-12(10)6-5-8(2)7-12/h5,9H,4,6-7H2,1-3H3. The van der Waals surface area contributed by atoms with Crippen LogP contribution in [0.4, 0.5) is 0 Å². The van der Waals surface area contributed by atoms with Gasteiger partial charge in [0.2, 0.25) is 7.37 Å². The van der Waals surface area contributed by atoms with Crippen molar-refractivity contribution in [3.05, 3.63) is 11.6 Å².